The van der Waals surface area contributed by atoms with E-state index in [1.807, 2.05) is 0 Å². The van der Waals surface area contributed by atoms with E-state index in [-0.39, 0.29) is 11.6 Å². The lowest BCUT2D eigenvalue weighted by atomic mass is 10.3. The van der Waals surface area contributed by atoms with Gasteiger partial charge in [-0.05, 0) is 5.41 Å². The number of thiol groups is 2. The van der Waals surface area contributed by atoms with Gasteiger partial charge in [0.25, 0.3) is 5.91 Å². The van der Waals surface area contributed by atoms with Crippen LogP contribution in [0.4, 0.5) is 0 Å². The highest BCUT2D eigenvalue weighted by Crippen LogP contribution is 2.15. The van der Waals surface area contributed by atoms with Gasteiger partial charge in [-0.3, -0.25) is 10.2 Å². The Labute approximate surface area is 69.2 Å². The maximum Gasteiger partial charge on any atom is 0.270 e. The van der Waals surface area contributed by atoms with Gasteiger partial charge in [-0.15, -0.1) is 12.6 Å². The molecule has 0 aromatic rings. The predicted octanol–water partition coefficient (Wildman–Crippen LogP) is 0.206. The van der Waals surface area contributed by atoms with Crippen LogP contribution in [0.1, 0.15) is 0 Å². The van der Waals surface area contributed by atoms with Crippen LogP contribution < -0.4 is 5.32 Å². The minimum atomic E-state index is -0.426. The van der Waals surface area contributed by atoms with Gasteiger partial charge >= 0.3 is 0 Å². The minimum Gasteiger partial charge on any atom is -0.323 e. The summed E-state index contributed by atoms with van der Waals surface area (Å²) in [6.45, 7) is 0. The molecule has 10 heavy (non-hydrogen) atoms. The second-order valence-electron chi connectivity index (χ2n) is 1.85. The summed E-state index contributed by atoms with van der Waals surface area (Å²) in [5, 5.41) is 10.6. The molecule has 1 atom stereocenters. The van der Waals surface area contributed by atoms with E-state index in [0.29, 0.717) is 5.70 Å². The number of rotatable bonds is 0. The van der Waals surface area contributed by atoms with Gasteiger partial charge in [-0.25, -0.2) is 0 Å². The Kier molecular flexibility index (Phi) is 2.05. The molecule has 1 fully saturated rings. The highest BCUT2D eigenvalue weighted by atomic mass is 32.1. The third-order valence-corrected chi connectivity index (χ3v) is 2.02. The van der Waals surface area contributed by atoms with Gasteiger partial charge in [-0.2, -0.15) is 12.6 Å². The number of hydrogen-bond donors (Lipinski definition) is 4. The monoisotopic (exact) mass is 174 g/mol. The number of carbonyl (C=O) groups excluding carboxylic acids is 1. The van der Waals surface area contributed by atoms with Crippen molar-refractivity contribution in [2.45, 2.75) is 5.25 Å². The average molecular weight is 174 g/mol. The summed E-state index contributed by atoms with van der Waals surface area (Å²) in [7, 11) is 0. The van der Waals surface area contributed by atoms with E-state index in [4.69, 9.17) is 5.41 Å². The normalized spacial score (nSPS) is 29.4. The Balaban J connectivity index is 2.92. The summed E-state index contributed by atoms with van der Waals surface area (Å²) in [5.74, 6) is -0.389. The largest absolute Gasteiger partial charge is 0.323 e. The first kappa shape index (κ1) is 7.68. The van der Waals surface area contributed by atoms with Crippen LogP contribution in [0.5, 0.6) is 0 Å². The van der Waals surface area contributed by atoms with Gasteiger partial charge in [0.15, 0.2) is 0 Å². The SMILES string of the molecule is N=C1C(=O)N/C(=C/S)C1S. The molecule has 1 aliphatic heterocycles. The van der Waals surface area contributed by atoms with Crippen LogP contribution in [0.2, 0.25) is 0 Å². The molecule has 2 N–H and O–H groups in total. The first-order valence-corrected chi connectivity index (χ1v) is 3.62. The Hall–Kier alpha value is -0.420. The van der Waals surface area contributed by atoms with E-state index >= 15 is 0 Å². The zero-order valence-corrected chi connectivity index (χ0v) is 6.75. The second-order valence-corrected chi connectivity index (χ2v) is 2.63. The third-order valence-electron chi connectivity index (χ3n) is 1.21. The van der Waals surface area contributed by atoms with Gasteiger partial charge in [0.2, 0.25) is 0 Å². The van der Waals surface area contributed by atoms with Gasteiger partial charge in [0.1, 0.15) is 5.71 Å². The maximum absolute atomic E-state index is 10.7. The molecule has 0 saturated carbocycles. The van der Waals surface area contributed by atoms with Crippen molar-refractivity contribution in [3.8, 4) is 0 Å². The third kappa shape index (κ3) is 1.06. The van der Waals surface area contributed by atoms with Gasteiger partial charge in [0, 0.05) is 5.70 Å². The number of nitrogens with one attached hydrogen (secondary N) is 2. The first-order valence-electron chi connectivity index (χ1n) is 2.59. The van der Waals surface area contributed by atoms with Gasteiger partial charge in [-0.1, -0.05) is 0 Å². The van der Waals surface area contributed by atoms with Crippen molar-refractivity contribution in [3.63, 3.8) is 0 Å². The van der Waals surface area contributed by atoms with E-state index in [9.17, 15) is 4.79 Å². The predicted molar refractivity (Wildman–Crippen MR) is 45.7 cm³/mol. The first-order chi connectivity index (χ1) is 4.66. The topological polar surface area (TPSA) is 53.0 Å². The zero-order chi connectivity index (χ0) is 7.72. The molecule has 3 nitrogen and oxygen atoms in total. The van der Waals surface area contributed by atoms with Crippen molar-refractivity contribution in [2.24, 2.45) is 0 Å². The van der Waals surface area contributed by atoms with Crippen LogP contribution in [0, 0.1) is 5.41 Å². The van der Waals surface area contributed by atoms with Crippen molar-refractivity contribution < 1.29 is 4.79 Å². The molecule has 0 spiro atoms. The van der Waals surface area contributed by atoms with E-state index in [0.717, 1.165) is 0 Å². The molecule has 0 aromatic heterocycles. The van der Waals surface area contributed by atoms with E-state index in [2.05, 4.69) is 30.6 Å². The molecule has 1 aliphatic rings. The molecular formula is C5H6N2OS2. The lowest BCUT2D eigenvalue weighted by Gasteiger charge is -1.97. The quantitative estimate of drug-likeness (QED) is 0.390. The van der Waals surface area contributed by atoms with Crippen LogP contribution in [0.3, 0.4) is 0 Å². The molecule has 1 unspecified atom stereocenters. The summed E-state index contributed by atoms with van der Waals surface area (Å²) in [5.41, 5.74) is 0.547. The zero-order valence-electron chi connectivity index (χ0n) is 4.96. The number of hydrogen-bond acceptors (Lipinski definition) is 4. The summed E-state index contributed by atoms with van der Waals surface area (Å²) in [4.78, 5) is 10.7. The molecule has 54 valence electrons. The number of amides is 1. The Bertz CT molecular complexity index is 224. The Morgan fingerprint density at radius 1 is 1.70 bits per heavy atom. The van der Waals surface area contributed by atoms with Gasteiger partial charge < -0.3 is 5.32 Å². The lowest BCUT2D eigenvalue weighted by molar-refractivity contribution is -0.113. The highest BCUT2D eigenvalue weighted by molar-refractivity contribution is 7.84. The average Bonchev–Trinajstić information content (AvgIpc) is 2.17. The van der Waals surface area contributed by atoms with Crippen LogP contribution in [0.15, 0.2) is 11.1 Å². The van der Waals surface area contributed by atoms with Crippen molar-refractivity contribution in [1.29, 1.82) is 5.41 Å². The molecular weight excluding hydrogens is 168 g/mol. The molecule has 1 amide bonds. The van der Waals surface area contributed by atoms with Crippen LogP contribution in [-0.2, 0) is 4.79 Å². The van der Waals surface area contributed by atoms with Gasteiger partial charge in [0.05, 0.1) is 5.25 Å². The Morgan fingerprint density at radius 2 is 2.30 bits per heavy atom. The minimum absolute atomic E-state index is 0.0244. The van der Waals surface area contributed by atoms with Crippen molar-refractivity contribution in [2.75, 3.05) is 0 Å². The molecule has 1 heterocycles. The lowest BCUT2D eigenvalue weighted by Crippen LogP contribution is -2.17. The summed E-state index contributed by atoms with van der Waals surface area (Å²) < 4.78 is 0. The smallest absolute Gasteiger partial charge is 0.270 e. The maximum atomic E-state index is 10.7. The van der Waals surface area contributed by atoms with E-state index in [1.54, 1.807) is 0 Å². The standard InChI is InChI=1S/C5H6N2OS2/c6-3-4(10)2(1-9)7-5(3)8/h1,4,6,9-10H,(H,7,8)/b2-1+,6-3?. The van der Waals surface area contributed by atoms with E-state index in [1.165, 1.54) is 5.41 Å². The Morgan fingerprint density at radius 3 is 2.50 bits per heavy atom. The van der Waals surface area contributed by atoms with Crippen LogP contribution in [-0.4, -0.2) is 16.9 Å². The summed E-state index contributed by atoms with van der Waals surface area (Å²) >= 11 is 7.83. The van der Waals surface area contributed by atoms with Crippen molar-refractivity contribution in [1.82, 2.24) is 5.32 Å². The second kappa shape index (κ2) is 2.67. The van der Waals surface area contributed by atoms with E-state index < -0.39 is 5.25 Å². The van der Waals surface area contributed by atoms with Crippen LogP contribution >= 0.6 is 25.3 Å². The highest BCUT2D eigenvalue weighted by Gasteiger charge is 2.29. The molecule has 0 aromatic carbocycles. The fraction of sp³-hybridized carbons (Fsp3) is 0.200. The molecule has 1 saturated heterocycles. The molecule has 0 radical (unpaired) electrons. The molecule has 0 aliphatic carbocycles. The number of carbonyl (C=O) groups is 1. The summed E-state index contributed by atoms with van der Waals surface area (Å²) in [6, 6.07) is 0. The fourth-order valence-corrected chi connectivity index (χ4v) is 1.24. The fourth-order valence-electron chi connectivity index (χ4n) is 0.649. The molecule has 0 bridgehead atoms. The van der Waals surface area contributed by atoms with Crippen molar-refractivity contribution in [3.05, 3.63) is 11.1 Å². The molecule has 1 rings (SSSR count). The van der Waals surface area contributed by atoms with Crippen molar-refractivity contribution >= 4 is 36.9 Å². The van der Waals surface area contributed by atoms with Crippen LogP contribution in [0.25, 0.3) is 0 Å². The molecule has 5 heteroatoms. The summed E-state index contributed by atoms with van der Waals surface area (Å²) in [6.07, 6.45) is 0.